The smallest absolute Gasteiger partial charge is 0.338 e. The molecule has 2 rings (SSSR count). The Balaban J connectivity index is 2.27. The Morgan fingerprint density at radius 1 is 1.45 bits per heavy atom. The van der Waals surface area contributed by atoms with Crippen molar-refractivity contribution in [3.05, 3.63) is 28.5 Å². The van der Waals surface area contributed by atoms with Crippen LogP contribution in [0.2, 0.25) is 5.02 Å². The molecule has 1 saturated carbocycles. The number of nitrogens with one attached hydrogen (secondary N) is 1. The standard InChI is InChI=1S/C12H13ClFNO4S/c13-8-5-9(12(16)17)11(14)10(6-8)20(18,19)15-4-3-7-1-2-7/h5-7,15H,1-4H2,(H,16,17). The lowest BCUT2D eigenvalue weighted by Crippen LogP contribution is -2.26. The highest BCUT2D eigenvalue weighted by Crippen LogP contribution is 2.32. The second-order valence-electron chi connectivity index (χ2n) is 4.70. The molecule has 2 N–H and O–H groups in total. The molecule has 0 unspecified atom stereocenters. The number of hydrogen-bond acceptors (Lipinski definition) is 3. The van der Waals surface area contributed by atoms with Crippen LogP contribution < -0.4 is 4.72 Å². The number of aromatic carboxylic acids is 1. The molecule has 1 aromatic carbocycles. The molecule has 8 heteroatoms. The molecule has 110 valence electrons. The maximum Gasteiger partial charge on any atom is 0.338 e. The van der Waals surface area contributed by atoms with Crippen molar-refractivity contribution >= 4 is 27.6 Å². The molecule has 0 amide bonds. The predicted octanol–water partition coefficient (Wildman–Crippen LogP) is 2.26. The molecule has 0 atom stereocenters. The van der Waals surface area contributed by atoms with Gasteiger partial charge in [-0.25, -0.2) is 22.3 Å². The van der Waals surface area contributed by atoms with Crippen LogP contribution >= 0.6 is 11.6 Å². The average Bonchev–Trinajstić information content (AvgIpc) is 3.15. The van der Waals surface area contributed by atoms with Crippen molar-refractivity contribution < 1.29 is 22.7 Å². The zero-order valence-corrected chi connectivity index (χ0v) is 12.0. The van der Waals surface area contributed by atoms with Gasteiger partial charge in [-0.2, -0.15) is 0 Å². The second kappa shape index (κ2) is 5.67. The quantitative estimate of drug-likeness (QED) is 0.841. The summed E-state index contributed by atoms with van der Waals surface area (Å²) in [6.07, 6.45) is 2.85. The minimum absolute atomic E-state index is 0.147. The van der Waals surface area contributed by atoms with Crippen molar-refractivity contribution in [2.24, 2.45) is 5.92 Å². The average molecular weight is 322 g/mol. The van der Waals surface area contributed by atoms with E-state index in [0.717, 1.165) is 25.0 Å². The van der Waals surface area contributed by atoms with Gasteiger partial charge in [0.2, 0.25) is 10.0 Å². The number of carboxylic acid groups (broad SMARTS) is 1. The summed E-state index contributed by atoms with van der Waals surface area (Å²) in [6.45, 7) is 0.196. The van der Waals surface area contributed by atoms with Gasteiger partial charge >= 0.3 is 5.97 Å². The molecule has 0 radical (unpaired) electrons. The van der Waals surface area contributed by atoms with Crippen LogP contribution in [0, 0.1) is 11.7 Å². The fraction of sp³-hybridized carbons (Fsp3) is 0.417. The van der Waals surface area contributed by atoms with Gasteiger partial charge in [-0.1, -0.05) is 24.4 Å². The molecular weight excluding hydrogens is 309 g/mol. The first-order chi connectivity index (χ1) is 9.31. The highest BCUT2D eigenvalue weighted by molar-refractivity contribution is 7.89. The number of rotatable bonds is 6. The molecule has 20 heavy (non-hydrogen) atoms. The maximum atomic E-state index is 13.9. The zero-order chi connectivity index (χ0) is 14.9. The van der Waals surface area contributed by atoms with Crippen LogP contribution in [-0.2, 0) is 10.0 Å². The Kier molecular flexibility index (Phi) is 4.31. The van der Waals surface area contributed by atoms with Gasteiger partial charge in [-0.15, -0.1) is 0 Å². The minimum atomic E-state index is -4.11. The monoisotopic (exact) mass is 321 g/mol. The van der Waals surface area contributed by atoms with Crippen molar-refractivity contribution in [1.82, 2.24) is 4.72 Å². The van der Waals surface area contributed by atoms with Gasteiger partial charge in [0.05, 0.1) is 5.56 Å². The topological polar surface area (TPSA) is 83.5 Å². The second-order valence-corrected chi connectivity index (χ2v) is 6.87. The van der Waals surface area contributed by atoms with E-state index in [4.69, 9.17) is 16.7 Å². The molecule has 0 aliphatic heterocycles. The number of carbonyl (C=O) groups is 1. The Bertz CT molecular complexity index is 643. The number of hydrogen-bond donors (Lipinski definition) is 2. The summed E-state index contributed by atoms with van der Waals surface area (Å²) in [5.74, 6) is -2.35. The van der Waals surface area contributed by atoms with E-state index in [-0.39, 0.29) is 11.6 Å². The Morgan fingerprint density at radius 3 is 2.65 bits per heavy atom. The minimum Gasteiger partial charge on any atom is -0.478 e. The van der Waals surface area contributed by atoms with E-state index in [1.54, 1.807) is 0 Å². The summed E-state index contributed by atoms with van der Waals surface area (Å²) < 4.78 is 40.2. The third-order valence-electron chi connectivity index (χ3n) is 3.07. The lowest BCUT2D eigenvalue weighted by Gasteiger charge is -2.09. The van der Waals surface area contributed by atoms with Crippen molar-refractivity contribution in [3.8, 4) is 0 Å². The first-order valence-electron chi connectivity index (χ1n) is 6.03. The van der Waals surface area contributed by atoms with Gasteiger partial charge in [0.25, 0.3) is 0 Å². The summed E-state index contributed by atoms with van der Waals surface area (Å²) in [4.78, 5) is 10.1. The van der Waals surface area contributed by atoms with Crippen molar-refractivity contribution in [3.63, 3.8) is 0 Å². The normalized spacial score (nSPS) is 15.3. The Morgan fingerprint density at radius 2 is 2.10 bits per heavy atom. The Hall–Kier alpha value is -1.18. The molecule has 1 aliphatic rings. The van der Waals surface area contributed by atoms with Crippen LogP contribution in [0.4, 0.5) is 4.39 Å². The molecule has 5 nitrogen and oxygen atoms in total. The van der Waals surface area contributed by atoms with Crippen LogP contribution in [0.15, 0.2) is 17.0 Å². The van der Waals surface area contributed by atoms with Gasteiger partial charge in [0.1, 0.15) is 4.90 Å². The van der Waals surface area contributed by atoms with E-state index in [1.165, 1.54) is 0 Å². The molecule has 1 aliphatic carbocycles. The SMILES string of the molecule is O=C(O)c1cc(Cl)cc(S(=O)(=O)NCCC2CC2)c1F. The van der Waals surface area contributed by atoms with E-state index in [9.17, 15) is 17.6 Å². The van der Waals surface area contributed by atoms with Crippen LogP contribution in [-0.4, -0.2) is 26.0 Å². The number of sulfonamides is 1. The molecule has 0 bridgehead atoms. The van der Waals surface area contributed by atoms with Crippen LogP contribution in [0.3, 0.4) is 0 Å². The molecule has 0 saturated heterocycles. The number of halogens is 2. The van der Waals surface area contributed by atoms with E-state index in [1.807, 2.05) is 0 Å². The molecule has 1 aromatic rings. The summed E-state index contributed by atoms with van der Waals surface area (Å²) in [6, 6.07) is 1.78. The third-order valence-corrected chi connectivity index (χ3v) is 4.74. The van der Waals surface area contributed by atoms with E-state index in [2.05, 4.69) is 4.72 Å². The van der Waals surface area contributed by atoms with Crippen LogP contribution in [0.5, 0.6) is 0 Å². The van der Waals surface area contributed by atoms with Crippen LogP contribution in [0.1, 0.15) is 29.6 Å². The molecule has 0 aromatic heterocycles. The zero-order valence-electron chi connectivity index (χ0n) is 10.4. The summed E-state index contributed by atoms with van der Waals surface area (Å²) in [5, 5.41) is 8.68. The van der Waals surface area contributed by atoms with E-state index in [0.29, 0.717) is 12.3 Å². The van der Waals surface area contributed by atoms with Crippen molar-refractivity contribution in [1.29, 1.82) is 0 Å². The van der Waals surface area contributed by atoms with Gasteiger partial charge in [-0.3, -0.25) is 0 Å². The number of carboxylic acids is 1. The van der Waals surface area contributed by atoms with Crippen LogP contribution in [0.25, 0.3) is 0 Å². The highest BCUT2D eigenvalue weighted by Gasteiger charge is 2.26. The van der Waals surface area contributed by atoms with Gasteiger partial charge in [-0.05, 0) is 24.5 Å². The fourth-order valence-corrected chi connectivity index (χ4v) is 3.25. The largest absolute Gasteiger partial charge is 0.478 e. The summed E-state index contributed by atoms with van der Waals surface area (Å²) in [7, 11) is -4.11. The molecule has 0 spiro atoms. The highest BCUT2D eigenvalue weighted by atomic mass is 35.5. The fourth-order valence-electron chi connectivity index (χ4n) is 1.80. The van der Waals surface area contributed by atoms with Gasteiger partial charge < -0.3 is 5.11 Å². The number of benzene rings is 1. The molecule has 1 fully saturated rings. The lowest BCUT2D eigenvalue weighted by atomic mass is 10.2. The van der Waals surface area contributed by atoms with Gasteiger partial charge in [0, 0.05) is 11.6 Å². The lowest BCUT2D eigenvalue weighted by molar-refractivity contribution is 0.0691. The van der Waals surface area contributed by atoms with E-state index < -0.39 is 32.3 Å². The summed E-state index contributed by atoms with van der Waals surface area (Å²) in [5.41, 5.74) is -0.764. The first-order valence-corrected chi connectivity index (χ1v) is 7.89. The Labute approximate surface area is 120 Å². The summed E-state index contributed by atoms with van der Waals surface area (Å²) >= 11 is 5.64. The van der Waals surface area contributed by atoms with E-state index >= 15 is 0 Å². The third kappa shape index (κ3) is 3.47. The molecular formula is C12H13ClFNO4S. The van der Waals surface area contributed by atoms with Crippen molar-refractivity contribution in [2.75, 3.05) is 6.54 Å². The predicted molar refractivity (Wildman–Crippen MR) is 70.9 cm³/mol. The first kappa shape index (κ1) is 15.2. The maximum absolute atomic E-state index is 13.9. The van der Waals surface area contributed by atoms with Gasteiger partial charge in [0.15, 0.2) is 5.82 Å². The van der Waals surface area contributed by atoms with Crippen molar-refractivity contribution in [2.45, 2.75) is 24.2 Å². The molecule has 0 heterocycles.